The second-order valence-electron chi connectivity index (χ2n) is 20.4. The third-order valence-corrected chi connectivity index (χ3v) is 17.3. The van der Waals surface area contributed by atoms with Crippen molar-refractivity contribution in [2.24, 2.45) is 0 Å². The van der Waals surface area contributed by atoms with Gasteiger partial charge in [-0.3, -0.25) is 0 Å². The molecule has 1 nitrogen and oxygen atoms in total. The van der Waals surface area contributed by atoms with E-state index in [0.29, 0.717) is 0 Å². The van der Waals surface area contributed by atoms with Crippen molar-refractivity contribution in [3.8, 4) is 44.5 Å². The van der Waals surface area contributed by atoms with Gasteiger partial charge in [-0.15, -0.1) is 11.3 Å². The number of hydrogen-bond acceptors (Lipinski definition) is 2. The first-order chi connectivity index (χ1) is 33.7. The Hall–Kier alpha value is -7.78. The summed E-state index contributed by atoms with van der Waals surface area (Å²) in [6, 6.07) is 85.1. The van der Waals surface area contributed by atoms with Crippen LogP contribution in [0.1, 0.15) is 72.2 Å². The predicted octanol–water partition coefficient (Wildman–Crippen LogP) is 18.2. The molecule has 0 saturated carbocycles. The molecule has 2 heteroatoms. The number of hydrogen-bond donors (Lipinski definition) is 0. The van der Waals surface area contributed by atoms with Gasteiger partial charge in [0.2, 0.25) is 0 Å². The Morgan fingerprint density at radius 3 is 1.39 bits per heavy atom. The molecule has 1 heterocycles. The maximum absolute atomic E-state index is 2.67. The maximum Gasteiger partial charge on any atom is 0.0714 e. The molecule has 0 N–H and O–H groups in total. The standard InChI is InChI=1S/C67H49NS/c1-65(2)54-29-17-14-26-48(54)50-35-33-46(39-57(50)65)68(47-34-36-51-49-27-15-18-30-55(49)66(3,4)58(51)40-47)64-62-52-28-16-19-31-56(52)67(44-22-10-6-11-23-44,45-24-12-7-13-25-45)59(62)41-61-63(64)53-38-43(32-37-60(53)69-61)42-20-8-5-9-21-42/h5-41H,1-4H3. The van der Waals surface area contributed by atoms with Gasteiger partial charge >= 0.3 is 0 Å². The zero-order valence-electron chi connectivity index (χ0n) is 39.2. The molecule has 0 spiro atoms. The van der Waals surface area contributed by atoms with E-state index < -0.39 is 5.41 Å². The number of anilines is 3. The van der Waals surface area contributed by atoms with E-state index in [1.807, 2.05) is 11.3 Å². The molecule has 1 aromatic heterocycles. The molecule has 11 aromatic rings. The van der Waals surface area contributed by atoms with Gasteiger partial charge in [0.25, 0.3) is 0 Å². The molecule has 0 fully saturated rings. The van der Waals surface area contributed by atoms with Crippen LogP contribution in [0.2, 0.25) is 0 Å². The first kappa shape index (κ1) is 40.3. The first-order valence-electron chi connectivity index (χ1n) is 24.3. The number of benzene rings is 10. The molecule has 0 saturated heterocycles. The Labute approximate surface area is 408 Å². The van der Waals surface area contributed by atoms with Crippen molar-refractivity contribution in [2.75, 3.05) is 4.90 Å². The lowest BCUT2D eigenvalue weighted by Crippen LogP contribution is -2.28. The molecule has 0 amide bonds. The largest absolute Gasteiger partial charge is 0.309 e. The van der Waals surface area contributed by atoms with E-state index in [4.69, 9.17) is 0 Å². The summed E-state index contributed by atoms with van der Waals surface area (Å²) in [7, 11) is 0. The minimum absolute atomic E-state index is 0.189. The van der Waals surface area contributed by atoms with Crippen molar-refractivity contribution < 1.29 is 0 Å². The Bertz CT molecular complexity index is 3750. The zero-order valence-corrected chi connectivity index (χ0v) is 40.0. The van der Waals surface area contributed by atoms with Crippen LogP contribution in [-0.2, 0) is 16.2 Å². The van der Waals surface area contributed by atoms with Crippen LogP contribution in [0.4, 0.5) is 17.1 Å². The van der Waals surface area contributed by atoms with Gasteiger partial charge in [0, 0.05) is 47.9 Å². The van der Waals surface area contributed by atoms with Gasteiger partial charge in [-0.2, -0.15) is 0 Å². The van der Waals surface area contributed by atoms with Gasteiger partial charge in [-0.25, -0.2) is 0 Å². The minimum atomic E-state index is -0.586. The smallest absolute Gasteiger partial charge is 0.0714 e. The molecule has 10 aromatic carbocycles. The summed E-state index contributed by atoms with van der Waals surface area (Å²) in [5, 5.41) is 2.56. The minimum Gasteiger partial charge on any atom is -0.309 e. The molecular weight excluding hydrogens is 851 g/mol. The van der Waals surface area contributed by atoms with E-state index in [2.05, 4.69) is 257 Å². The highest BCUT2D eigenvalue weighted by molar-refractivity contribution is 7.26. The second kappa shape index (κ2) is 14.6. The molecule has 69 heavy (non-hydrogen) atoms. The average molecular weight is 900 g/mol. The van der Waals surface area contributed by atoms with Crippen molar-refractivity contribution in [3.63, 3.8) is 0 Å². The lowest BCUT2D eigenvalue weighted by molar-refractivity contribution is 0.660. The zero-order chi connectivity index (χ0) is 46.2. The average Bonchev–Trinajstić information content (AvgIpc) is 4.06. The van der Waals surface area contributed by atoms with Gasteiger partial charge in [-0.05, 0) is 126 Å². The SMILES string of the molecule is CC1(C)c2ccccc2-c2ccc(N(c3ccc4c(c3)C(C)(C)c3ccccc3-4)c3c4c(cc5sc6ccc(-c7ccccc7)cc6c35)C(c3ccccc3)(c3ccccc3)c3ccccc3-4)cc21. The summed E-state index contributed by atoms with van der Waals surface area (Å²) in [4.78, 5) is 2.67. The predicted molar refractivity (Wildman–Crippen MR) is 292 cm³/mol. The number of fused-ring (bicyclic) bond motifs is 12. The van der Waals surface area contributed by atoms with E-state index in [-0.39, 0.29) is 10.8 Å². The lowest BCUT2D eigenvalue weighted by Gasteiger charge is -2.35. The monoisotopic (exact) mass is 899 g/mol. The van der Waals surface area contributed by atoms with E-state index in [1.54, 1.807) is 0 Å². The number of thiophene rings is 1. The Morgan fingerprint density at radius 1 is 0.348 bits per heavy atom. The van der Waals surface area contributed by atoms with Crippen molar-refractivity contribution in [1.82, 2.24) is 0 Å². The van der Waals surface area contributed by atoms with Gasteiger partial charge in [-0.1, -0.05) is 210 Å². The van der Waals surface area contributed by atoms with Gasteiger partial charge in [0.15, 0.2) is 0 Å². The molecule has 328 valence electrons. The highest BCUT2D eigenvalue weighted by Gasteiger charge is 2.49. The van der Waals surface area contributed by atoms with Crippen molar-refractivity contribution in [2.45, 2.75) is 43.9 Å². The lowest BCUT2D eigenvalue weighted by atomic mass is 9.67. The molecule has 0 unspecified atom stereocenters. The Balaban J connectivity index is 1.16. The van der Waals surface area contributed by atoms with Crippen molar-refractivity contribution in [3.05, 3.63) is 269 Å². The summed E-state index contributed by atoms with van der Waals surface area (Å²) in [6.45, 7) is 9.62. The summed E-state index contributed by atoms with van der Waals surface area (Å²) < 4.78 is 2.56. The first-order valence-corrected chi connectivity index (χ1v) is 25.2. The van der Waals surface area contributed by atoms with Gasteiger partial charge in [0.05, 0.1) is 11.1 Å². The molecule has 0 radical (unpaired) electrons. The van der Waals surface area contributed by atoms with Crippen LogP contribution in [0.5, 0.6) is 0 Å². The van der Waals surface area contributed by atoms with Crippen LogP contribution in [0, 0.1) is 0 Å². The quantitative estimate of drug-likeness (QED) is 0.161. The molecule has 0 aliphatic heterocycles. The Kier molecular flexibility index (Phi) is 8.54. The van der Waals surface area contributed by atoms with Gasteiger partial charge < -0.3 is 4.90 Å². The van der Waals surface area contributed by atoms with Crippen molar-refractivity contribution >= 4 is 48.6 Å². The molecule has 0 atom stereocenters. The molecule has 3 aliphatic carbocycles. The van der Waals surface area contributed by atoms with Crippen LogP contribution in [0.15, 0.2) is 224 Å². The van der Waals surface area contributed by atoms with Crippen LogP contribution in [0.3, 0.4) is 0 Å². The van der Waals surface area contributed by atoms with E-state index in [0.717, 1.165) is 11.4 Å². The third kappa shape index (κ3) is 5.52. The molecule has 0 bridgehead atoms. The topological polar surface area (TPSA) is 3.24 Å². The van der Waals surface area contributed by atoms with E-state index in [9.17, 15) is 0 Å². The summed E-state index contributed by atoms with van der Waals surface area (Å²) in [5.41, 5.74) is 23.5. The summed E-state index contributed by atoms with van der Waals surface area (Å²) >= 11 is 1.92. The number of rotatable bonds is 6. The number of nitrogens with zero attached hydrogens (tertiary/aromatic N) is 1. The van der Waals surface area contributed by atoms with E-state index >= 15 is 0 Å². The van der Waals surface area contributed by atoms with Crippen LogP contribution >= 0.6 is 11.3 Å². The van der Waals surface area contributed by atoms with Crippen LogP contribution in [-0.4, -0.2) is 0 Å². The fraction of sp³-hybridized carbons (Fsp3) is 0.104. The molecule has 14 rings (SSSR count). The van der Waals surface area contributed by atoms with Gasteiger partial charge in [0.1, 0.15) is 0 Å². The summed E-state index contributed by atoms with van der Waals surface area (Å²) in [5.74, 6) is 0. The fourth-order valence-corrected chi connectivity index (χ4v) is 14.1. The van der Waals surface area contributed by atoms with Crippen molar-refractivity contribution in [1.29, 1.82) is 0 Å². The normalized spacial score (nSPS) is 15.0. The fourth-order valence-electron chi connectivity index (χ4n) is 12.9. The maximum atomic E-state index is 2.67. The van der Waals surface area contributed by atoms with Crippen LogP contribution < -0.4 is 4.90 Å². The highest BCUT2D eigenvalue weighted by Crippen LogP contribution is 2.63. The third-order valence-electron chi connectivity index (χ3n) is 16.1. The van der Waals surface area contributed by atoms with E-state index in [1.165, 1.54) is 115 Å². The summed E-state index contributed by atoms with van der Waals surface area (Å²) in [6.07, 6.45) is 0. The highest BCUT2D eigenvalue weighted by atomic mass is 32.1. The molecular formula is C67H49NS. The molecule has 3 aliphatic rings. The van der Waals surface area contributed by atoms with Crippen LogP contribution in [0.25, 0.3) is 64.7 Å². The Morgan fingerprint density at radius 2 is 0.826 bits per heavy atom. The second-order valence-corrected chi connectivity index (χ2v) is 21.4.